The van der Waals surface area contributed by atoms with Gasteiger partial charge >= 0.3 is 0 Å². The molecule has 0 aromatic heterocycles. The number of benzene rings is 1. The van der Waals surface area contributed by atoms with Crippen LogP contribution in [0.2, 0.25) is 0 Å². The summed E-state index contributed by atoms with van der Waals surface area (Å²) in [5.41, 5.74) is 4.45. The Morgan fingerprint density at radius 1 is 1.17 bits per heavy atom. The molecule has 2 nitrogen and oxygen atoms in total. The third-order valence-electron chi connectivity index (χ3n) is 4.38. The van der Waals surface area contributed by atoms with Crippen LogP contribution < -0.4 is 10.6 Å². The Labute approximate surface area is 110 Å². The second kappa shape index (κ2) is 5.75. The van der Waals surface area contributed by atoms with Gasteiger partial charge in [-0.15, -0.1) is 0 Å². The van der Waals surface area contributed by atoms with Crippen molar-refractivity contribution in [2.45, 2.75) is 38.5 Å². The van der Waals surface area contributed by atoms with Crippen LogP contribution in [0.15, 0.2) is 18.2 Å². The van der Waals surface area contributed by atoms with E-state index in [1.165, 1.54) is 57.3 Å². The molecule has 2 aliphatic rings. The van der Waals surface area contributed by atoms with Gasteiger partial charge in [0, 0.05) is 12.2 Å². The number of aryl methyl sites for hydroxylation is 2. The van der Waals surface area contributed by atoms with Gasteiger partial charge in [-0.05, 0) is 80.8 Å². The lowest BCUT2D eigenvalue weighted by molar-refractivity contribution is 0.364. The van der Waals surface area contributed by atoms with Crippen LogP contribution in [0.1, 0.15) is 36.8 Å². The summed E-state index contributed by atoms with van der Waals surface area (Å²) in [5, 5.41) is 7.08. The average Bonchev–Trinajstić information content (AvgIpc) is 2.87. The van der Waals surface area contributed by atoms with Gasteiger partial charge in [-0.2, -0.15) is 0 Å². The summed E-state index contributed by atoms with van der Waals surface area (Å²) >= 11 is 0. The number of hydrogen-bond acceptors (Lipinski definition) is 2. The molecular weight excluding hydrogens is 220 g/mol. The highest BCUT2D eigenvalue weighted by Gasteiger charge is 2.13. The standard InChI is InChI=1S/C16H24N2/c1-4-14-6-7-16(11-15(14)5-1)18-10-8-13-3-2-9-17-12-13/h6-7,11,13,17-18H,1-5,8-10,12H2. The molecule has 2 N–H and O–H groups in total. The van der Waals surface area contributed by atoms with E-state index in [1.807, 2.05) is 0 Å². The molecule has 2 heteroatoms. The van der Waals surface area contributed by atoms with E-state index in [-0.39, 0.29) is 0 Å². The molecule has 1 aromatic carbocycles. The van der Waals surface area contributed by atoms with Gasteiger partial charge in [0.15, 0.2) is 0 Å². The van der Waals surface area contributed by atoms with Gasteiger partial charge in [-0.3, -0.25) is 0 Å². The van der Waals surface area contributed by atoms with Gasteiger partial charge in [0.1, 0.15) is 0 Å². The average molecular weight is 244 g/mol. The number of rotatable bonds is 4. The first-order valence-electron chi connectivity index (χ1n) is 7.48. The zero-order chi connectivity index (χ0) is 12.2. The molecule has 1 saturated heterocycles. The minimum atomic E-state index is 0.876. The monoisotopic (exact) mass is 244 g/mol. The van der Waals surface area contributed by atoms with Crippen molar-refractivity contribution >= 4 is 5.69 Å². The summed E-state index contributed by atoms with van der Waals surface area (Å²) in [6.07, 6.45) is 7.94. The normalized spacial score (nSPS) is 22.8. The molecule has 1 heterocycles. The first-order valence-corrected chi connectivity index (χ1v) is 7.48. The first kappa shape index (κ1) is 12.0. The van der Waals surface area contributed by atoms with Crippen molar-refractivity contribution in [1.82, 2.24) is 5.32 Å². The Morgan fingerprint density at radius 3 is 3.00 bits per heavy atom. The third kappa shape index (κ3) is 2.86. The molecule has 1 atom stereocenters. The fraction of sp³-hybridized carbons (Fsp3) is 0.625. The highest BCUT2D eigenvalue weighted by Crippen LogP contribution is 2.25. The van der Waals surface area contributed by atoms with Crippen molar-refractivity contribution in [2.75, 3.05) is 25.0 Å². The molecule has 0 spiro atoms. The van der Waals surface area contributed by atoms with E-state index >= 15 is 0 Å². The van der Waals surface area contributed by atoms with Gasteiger partial charge in [0.2, 0.25) is 0 Å². The molecule has 0 bridgehead atoms. The lowest BCUT2D eigenvalue weighted by Gasteiger charge is -2.22. The Kier molecular flexibility index (Phi) is 3.84. The highest BCUT2D eigenvalue weighted by molar-refractivity contribution is 5.50. The molecular formula is C16H24N2. The summed E-state index contributed by atoms with van der Waals surface area (Å²) in [7, 11) is 0. The number of anilines is 1. The Hall–Kier alpha value is -1.02. The van der Waals surface area contributed by atoms with E-state index in [1.54, 1.807) is 11.1 Å². The number of fused-ring (bicyclic) bond motifs is 1. The minimum Gasteiger partial charge on any atom is -0.385 e. The van der Waals surface area contributed by atoms with Crippen molar-refractivity contribution < 1.29 is 0 Å². The van der Waals surface area contributed by atoms with Gasteiger partial charge in [-0.25, -0.2) is 0 Å². The minimum absolute atomic E-state index is 0.876. The smallest absolute Gasteiger partial charge is 0.0343 e. The van der Waals surface area contributed by atoms with Crippen LogP contribution in [0.5, 0.6) is 0 Å². The number of nitrogens with one attached hydrogen (secondary N) is 2. The fourth-order valence-corrected chi connectivity index (χ4v) is 3.27. The maximum Gasteiger partial charge on any atom is 0.0343 e. The summed E-state index contributed by atoms with van der Waals surface area (Å²) < 4.78 is 0. The predicted octanol–water partition coefficient (Wildman–Crippen LogP) is 2.98. The van der Waals surface area contributed by atoms with Crippen molar-refractivity contribution in [1.29, 1.82) is 0 Å². The van der Waals surface area contributed by atoms with E-state index < -0.39 is 0 Å². The fourth-order valence-electron chi connectivity index (χ4n) is 3.27. The Bertz CT molecular complexity index is 394. The largest absolute Gasteiger partial charge is 0.385 e. The van der Waals surface area contributed by atoms with Gasteiger partial charge < -0.3 is 10.6 Å². The lowest BCUT2D eigenvalue weighted by Crippen LogP contribution is -2.30. The SMILES string of the molecule is c1cc2c(cc1NCCC1CCCNC1)CCC2. The maximum atomic E-state index is 3.59. The molecule has 0 radical (unpaired) electrons. The lowest BCUT2D eigenvalue weighted by atomic mass is 9.96. The second-order valence-corrected chi connectivity index (χ2v) is 5.76. The number of hydrogen-bond donors (Lipinski definition) is 2. The van der Waals surface area contributed by atoms with Crippen LogP contribution in [-0.2, 0) is 12.8 Å². The summed E-state index contributed by atoms with van der Waals surface area (Å²) in [6, 6.07) is 6.93. The molecule has 1 aliphatic heterocycles. The molecule has 1 fully saturated rings. The predicted molar refractivity (Wildman–Crippen MR) is 77.2 cm³/mol. The molecule has 1 aromatic rings. The van der Waals surface area contributed by atoms with Crippen molar-refractivity contribution in [3.8, 4) is 0 Å². The van der Waals surface area contributed by atoms with E-state index in [2.05, 4.69) is 28.8 Å². The molecule has 1 unspecified atom stereocenters. The summed E-state index contributed by atoms with van der Waals surface area (Å²) in [4.78, 5) is 0. The molecule has 0 saturated carbocycles. The zero-order valence-corrected chi connectivity index (χ0v) is 11.2. The summed E-state index contributed by atoms with van der Waals surface area (Å²) in [6.45, 7) is 3.55. The second-order valence-electron chi connectivity index (χ2n) is 5.76. The third-order valence-corrected chi connectivity index (χ3v) is 4.38. The zero-order valence-electron chi connectivity index (χ0n) is 11.2. The molecule has 18 heavy (non-hydrogen) atoms. The van der Waals surface area contributed by atoms with Crippen LogP contribution in [0.3, 0.4) is 0 Å². The Morgan fingerprint density at radius 2 is 2.11 bits per heavy atom. The quantitative estimate of drug-likeness (QED) is 0.851. The summed E-state index contributed by atoms with van der Waals surface area (Å²) in [5.74, 6) is 0.876. The van der Waals surface area contributed by atoms with Crippen LogP contribution in [0.25, 0.3) is 0 Å². The van der Waals surface area contributed by atoms with E-state index in [4.69, 9.17) is 0 Å². The van der Waals surface area contributed by atoms with Crippen molar-refractivity contribution in [2.24, 2.45) is 5.92 Å². The van der Waals surface area contributed by atoms with Crippen molar-refractivity contribution in [3.63, 3.8) is 0 Å². The Balaban J connectivity index is 1.48. The highest BCUT2D eigenvalue weighted by atomic mass is 14.9. The van der Waals surface area contributed by atoms with Gasteiger partial charge in [0.25, 0.3) is 0 Å². The van der Waals surface area contributed by atoms with Crippen molar-refractivity contribution in [3.05, 3.63) is 29.3 Å². The first-order chi connectivity index (χ1) is 8.92. The van der Waals surface area contributed by atoms with Crippen LogP contribution in [0, 0.1) is 5.92 Å². The van der Waals surface area contributed by atoms with Gasteiger partial charge in [0.05, 0.1) is 0 Å². The van der Waals surface area contributed by atoms with E-state index in [0.29, 0.717) is 0 Å². The number of piperidine rings is 1. The van der Waals surface area contributed by atoms with E-state index in [9.17, 15) is 0 Å². The van der Waals surface area contributed by atoms with E-state index in [0.717, 1.165) is 12.5 Å². The topological polar surface area (TPSA) is 24.1 Å². The maximum absolute atomic E-state index is 3.59. The van der Waals surface area contributed by atoms with Crippen LogP contribution in [-0.4, -0.2) is 19.6 Å². The molecule has 0 amide bonds. The molecule has 1 aliphatic carbocycles. The molecule has 98 valence electrons. The van der Waals surface area contributed by atoms with Crippen LogP contribution in [0.4, 0.5) is 5.69 Å². The van der Waals surface area contributed by atoms with Gasteiger partial charge in [-0.1, -0.05) is 6.07 Å². The van der Waals surface area contributed by atoms with Crippen LogP contribution >= 0.6 is 0 Å². The molecule has 3 rings (SSSR count).